The number of aliphatic carboxylic acids is 1. The lowest BCUT2D eigenvalue weighted by molar-refractivity contribution is -0.135. The minimum Gasteiger partial charge on any atom is -0.480 e. The molecule has 0 saturated carbocycles. The van der Waals surface area contributed by atoms with Gasteiger partial charge >= 0.3 is 5.97 Å². The van der Waals surface area contributed by atoms with Gasteiger partial charge in [-0.25, -0.2) is 4.98 Å². The number of hydrogen-bond donors (Lipinski definition) is 1. The van der Waals surface area contributed by atoms with Gasteiger partial charge in [0.05, 0.1) is 5.69 Å². The predicted molar refractivity (Wildman–Crippen MR) is 131 cm³/mol. The standard InChI is InChI=1S/C25H24F2N2O2S2/c1-3-25(26,27)19-8-6-17(7-9-19)24-28-16(2)22(33-24)15-32-20-10-11-21-18(13-20)5-4-12-29(21)14-23(30)31/h3,6-11,13H,1,4-5,12,14-15H2,2H3,(H,30,31). The molecule has 0 atom stereocenters. The molecular formula is C25H24F2N2O2S2. The highest BCUT2D eigenvalue weighted by atomic mass is 32.2. The highest BCUT2D eigenvalue weighted by Crippen LogP contribution is 2.36. The zero-order valence-electron chi connectivity index (χ0n) is 18.2. The van der Waals surface area contributed by atoms with Crippen molar-refractivity contribution in [2.45, 2.75) is 36.3 Å². The molecule has 0 aliphatic carbocycles. The van der Waals surface area contributed by atoms with Crippen molar-refractivity contribution < 1.29 is 18.7 Å². The molecule has 0 saturated heterocycles. The molecule has 4 rings (SSSR count). The molecule has 1 N–H and O–H groups in total. The van der Waals surface area contributed by atoms with Crippen LogP contribution in [0.4, 0.5) is 14.5 Å². The predicted octanol–water partition coefficient (Wildman–Crippen LogP) is 6.53. The molecule has 2 heterocycles. The Bertz CT molecular complexity index is 1180. The first-order valence-corrected chi connectivity index (χ1v) is 12.4. The normalized spacial score (nSPS) is 13.6. The van der Waals surface area contributed by atoms with E-state index in [1.54, 1.807) is 35.2 Å². The number of nitrogens with zero attached hydrogens (tertiary/aromatic N) is 2. The van der Waals surface area contributed by atoms with E-state index in [-0.39, 0.29) is 12.1 Å². The third-order valence-electron chi connectivity index (χ3n) is 5.63. The van der Waals surface area contributed by atoms with E-state index in [2.05, 4.69) is 17.6 Å². The number of fused-ring (bicyclic) bond motifs is 1. The van der Waals surface area contributed by atoms with Crippen LogP contribution < -0.4 is 4.90 Å². The Morgan fingerprint density at radius 2 is 2.06 bits per heavy atom. The molecule has 1 aliphatic heterocycles. The van der Waals surface area contributed by atoms with Crippen molar-refractivity contribution in [2.75, 3.05) is 18.0 Å². The molecule has 8 heteroatoms. The highest BCUT2D eigenvalue weighted by molar-refractivity contribution is 7.98. The fourth-order valence-electron chi connectivity index (χ4n) is 3.86. The Balaban J connectivity index is 1.46. The van der Waals surface area contributed by atoms with Crippen molar-refractivity contribution >= 4 is 34.8 Å². The Morgan fingerprint density at radius 1 is 1.30 bits per heavy atom. The number of carboxylic acids is 1. The second kappa shape index (κ2) is 9.65. The molecule has 0 spiro atoms. The molecule has 3 aromatic rings. The first-order chi connectivity index (χ1) is 15.8. The van der Waals surface area contributed by atoms with Crippen molar-refractivity contribution in [3.05, 3.63) is 76.8 Å². The third-order valence-corrected chi connectivity index (χ3v) is 8.04. The number of thioether (sulfide) groups is 1. The van der Waals surface area contributed by atoms with Gasteiger partial charge in [0, 0.05) is 38.9 Å². The van der Waals surface area contributed by atoms with Crippen LogP contribution in [0.5, 0.6) is 0 Å². The van der Waals surface area contributed by atoms with E-state index in [0.29, 0.717) is 6.08 Å². The Hall–Kier alpha value is -2.71. The van der Waals surface area contributed by atoms with Gasteiger partial charge in [0.2, 0.25) is 0 Å². The summed E-state index contributed by atoms with van der Waals surface area (Å²) in [6.45, 7) is 5.95. The van der Waals surface area contributed by atoms with E-state index in [9.17, 15) is 13.6 Å². The maximum atomic E-state index is 13.8. The van der Waals surface area contributed by atoms with Crippen LogP contribution in [0, 0.1) is 6.92 Å². The van der Waals surface area contributed by atoms with E-state index < -0.39 is 11.9 Å². The molecule has 1 aliphatic rings. The van der Waals surface area contributed by atoms with Crippen molar-refractivity contribution in [3.63, 3.8) is 0 Å². The molecular weight excluding hydrogens is 462 g/mol. The monoisotopic (exact) mass is 486 g/mol. The summed E-state index contributed by atoms with van der Waals surface area (Å²) in [5.74, 6) is -3.10. The number of allylic oxidation sites excluding steroid dienone is 1. The highest BCUT2D eigenvalue weighted by Gasteiger charge is 2.26. The molecule has 4 nitrogen and oxygen atoms in total. The molecule has 0 amide bonds. The van der Waals surface area contributed by atoms with E-state index in [4.69, 9.17) is 5.11 Å². The first kappa shape index (κ1) is 23.4. The van der Waals surface area contributed by atoms with Gasteiger partial charge in [0.15, 0.2) is 0 Å². The quantitative estimate of drug-likeness (QED) is 0.290. The molecule has 0 fully saturated rings. The van der Waals surface area contributed by atoms with Crippen molar-refractivity contribution in [2.24, 2.45) is 0 Å². The van der Waals surface area contributed by atoms with Crippen LogP contribution in [-0.4, -0.2) is 29.1 Å². The number of thiazole rings is 1. The summed E-state index contributed by atoms with van der Waals surface area (Å²) in [6.07, 6.45) is 2.54. The van der Waals surface area contributed by atoms with Crippen LogP contribution in [0.15, 0.2) is 60.0 Å². The Labute approximate surface area is 200 Å². The first-order valence-electron chi connectivity index (χ1n) is 10.6. The zero-order valence-corrected chi connectivity index (χ0v) is 19.8. The Kier molecular flexibility index (Phi) is 6.86. The molecule has 0 unspecified atom stereocenters. The van der Waals surface area contributed by atoms with Gasteiger partial charge in [0.25, 0.3) is 5.92 Å². The third kappa shape index (κ3) is 5.28. The lowest BCUT2D eigenvalue weighted by atomic mass is 10.0. The maximum Gasteiger partial charge on any atom is 0.323 e. The van der Waals surface area contributed by atoms with Gasteiger partial charge in [-0.05, 0) is 49.6 Å². The maximum absolute atomic E-state index is 13.8. The number of hydrogen-bond acceptors (Lipinski definition) is 5. The summed E-state index contributed by atoms with van der Waals surface area (Å²) in [4.78, 5) is 20.0. The molecule has 33 heavy (non-hydrogen) atoms. The molecule has 2 aromatic carbocycles. The van der Waals surface area contributed by atoms with Crippen LogP contribution in [0.2, 0.25) is 0 Å². The van der Waals surface area contributed by atoms with Gasteiger partial charge in [-0.2, -0.15) is 8.78 Å². The van der Waals surface area contributed by atoms with Crippen molar-refractivity contribution in [3.8, 4) is 10.6 Å². The topological polar surface area (TPSA) is 53.4 Å². The summed E-state index contributed by atoms with van der Waals surface area (Å²) < 4.78 is 27.5. The zero-order chi connectivity index (χ0) is 23.6. The Morgan fingerprint density at radius 3 is 2.76 bits per heavy atom. The molecule has 0 radical (unpaired) electrons. The van der Waals surface area contributed by atoms with E-state index in [0.717, 1.165) is 56.9 Å². The van der Waals surface area contributed by atoms with Gasteiger partial charge < -0.3 is 10.0 Å². The largest absolute Gasteiger partial charge is 0.480 e. The summed E-state index contributed by atoms with van der Waals surface area (Å²) in [6, 6.07) is 12.4. The van der Waals surface area contributed by atoms with E-state index in [1.807, 2.05) is 24.0 Å². The number of carbonyl (C=O) groups is 1. The minimum absolute atomic E-state index is 0.0224. The number of anilines is 1. The van der Waals surface area contributed by atoms with Crippen molar-refractivity contribution in [1.82, 2.24) is 4.98 Å². The molecule has 1 aromatic heterocycles. The number of carboxylic acid groups (broad SMARTS) is 1. The molecule has 0 bridgehead atoms. The average Bonchev–Trinajstić information content (AvgIpc) is 3.18. The van der Waals surface area contributed by atoms with E-state index >= 15 is 0 Å². The number of aryl methyl sites for hydroxylation is 2. The number of alkyl halides is 2. The number of halogens is 2. The lowest BCUT2D eigenvalue weighted by Crippen LogP contribution is -2.34. The minimum atomic E-state index is -3.04. The fourth-order valence-corrected chi connectivity index (χ4v) is 6.03. The summed E-state index contributed by atoms with van der Waals surface area (Å²) in [7, 11) is 0. The van der Waals surface area contributed by atoms with Gasteiger partial charge in [-0.15, -0.1) is 23.1 Å². The molecule has 172 valence electrons. The smallest absolute Gasteiger partial charge is 0.323 e. The summed E-state index contributed by atoms with van der Waals surface area (Å²) in [5.41, 5.74) is 3.86. The average molecular weight is 487 g/mol. The summed E-state index contributed by atoms with van der Waals surface area (Å²) >= 11 is 3.29. The second-order valence-corrected chi connectivity index (χ2v) is 10.1. The van der Waals surface area contributed by atoms with Crippen LogP contribution in [-0.2, 0) is 22.9 Å². The summed E-state index contributed by atoms with van der Waals surface area (Å²) in [5, 5.41) is 9.95. The van der Waals surface area contributed by atoms with E-state index in [1.165, 1.54) is 17.7 Å². The van der Waals surface area contributed by atoms with Gasteiger partial charge in [-0.1, -0.05) is 30.8 Å². The van der Waals surface area contributed by atoms with Crippen LogP contribution >= 0.6 is 23.1 Å². The van der Waals surface area contributed by atoms with Crippen LogP contribution in [0.3, 0.4) is 0 Å². The second-order valence-electron chi connectivity index (χ2n) is 7.93. The lowest BCUT2D eigenvalue weighted by Gasteiger charge is -2.30. The number of benzene rings is 2. The fraction of sp³-hybridized carbons (Fsp3) is 0.280. The van der Waals surface area contributed by atoms with Crippen LogP contribution in [0.25, 0.3) is 10.6 Å². The SMILES string of the molecule is C=CC(F)(F)c1ccc(-c2nc(C)c(CSc3ccc4c(c3)CCCN4CC(=O)O)s2)cc1. The number of rotatable bonds is 8. The van der Waals surface area contributed by atoms with Crippen molar-refractivity contribution in [1.29, 1.82) is 0 Å². The van der Waals surface area contributed by atoms with Gasteiger partial charge in [0.1, 0.15) is 11.6 Å². The van der Waals surface area contributed by atoms with Gasteiger partial charge in [-0.3, -0.25) is 4.79 Å². The number of aromatic nitrogens is 1. The van der Waals surface area contributed by atoms with Crippen LogP contribution in [0.1, 0.15) is 28.1 Å².